The number of anilines is 1. The van der Waals surface area contributed by atoms with Crippen molar-refractivity contribution in [1.29, 1.82) is 0 Å². The Morgan fingerprint density at radius 1 is 1.26 bits per heavy atom. The van der Waals surface area contributed by atoms with Crippen LogP contribution in [0, 0.1) is 5.92 Å². The fourth-order valence-electron chi connectivity index (χ4n) is 3.54. The Bertz CT molecular complexity index is 1090. The standard InChI is InChI=1S/C20H17N3O2S2/c1-11-6-7-12-16(10-11)27-20(23-18(24)14-8-9-21-25-14)17(12)19-22-13-4-2-3-5-15(13)26-19/h2-5,8-9,11H,6-7,10H2,1H3,(H,23,24). The van der Waals surface area contributed by atoms with E-state index in [1.807, 2.05) is 18.2 Å². The quantitative estimate of drug-likeness (QED) is 0.505. The highest BCUT2D eigenvalue weighted by Crippen LogP contribution is 2.47. The molecule has 0 saturated heterocycles. The zero-order valence-corrected chi connectivity index (χ0v) is 16.3. The van der Waals surface area contributed by atoms with Crippen LogP contribution >= 0.6 is 22.7 Å². The van der Waals surface area contributed by atoms with Crippen LogP contribution in [0.1, 0.15) is 34.3 Å². The van der Waals surface area contributed by atoms with Crippen LogP contribution in [0.15, 0.2) is 41.1 Å². The van der Waals surface area contributed by atoms with Gasteiger partial charge in [-0.25, -0.2) is 4.98 Å². The second-order valence-electron chi connectivity index (χ2n) is 6.87. The van der Waals surface area contributed by atoms with Crippen LogP contribution in [0.3, 0.4) is 0 Å². The number of amides is 1. The molecule has 5 nitrogen and oxygen atoms in total. The number of fused-ring (bicyclic) bond motifs is 2. The molecule has 27 heavy (non-hydrogen) atoms. The molecule has 1 amide bonds. The summed E-state index contributed by atoms with van der Waals surface area (Å²) < 4.78 is 6.17. The van der Waals surface area contributed by atoms with Gasteiger partial charge in [-0.05, 0) is 42.9 Å². The molecule has 136 valence electrons. The Kier molecular flexibility index (Phi) is 4.06. The number of carbonyl (C=O) groups is 1. The van der Waals surface area contributed by atoms with Crippen molar-refractivity contribution in [3.63, 3.8) is 0 Å². The summed E-state index contributed by atoms with van der Waals surface area (Å²) in [6.07, 6.45) is 4.72. The van der Waals surface area contributed by atoms with E-state index in [1.165, 1.54) is 16.6 Å². The van der Waals surface area contributed by atoms with E-state index in [4.69, 9.17) is 9.51 Å². The summed E-state index contributed by atoms with van der Waals surface area (Å²) >= 11 is 3.34. The third-order valence-corrected chi connectivity index (χ3v) is 7.13. The third-order valence-electron chi connectivity index (χ3n) is 4.91. The first-order valence-electron chi connectivity index (χ1n) is 8.91. The number of thiophene rings is 1. The molecule has 1 aliphatic carbocycles. The van der Waals surface area contributed by atoms with Crippen LogP contribution < -0.4 is 5.32 Å². The Labute approximate surface area is 164 Å². The molecule has 3 heterocycles. The maximum Gasteiger partial charge on any atom is 0.294 e. The smallest absolute Gasteiger partial charge is 0.294 e. The lowest BCUT2D eigenvalue weighted by Crippen LogP contribution is -2.11. The van der Waals surface area contributed by atoms with E-state index in [1.54, 1.807) is 28.7 Å². The summed E-state index contributed by atoms with van der Waals surface area (Å²) in [4.78, 5) is 18.8. The van der Waals surface area contributed by atoms with Gasteiger partial charge in [0.2, 0.25) is 5.76 Å². The predicted molar refractivity (Wildman–Crippen MR) is 109 cm³/mol. The van der Waals surface area contributed by atoms with Crippen molar-refractivity contribution in [2.75, 3.05) is 5.32 Å². The van der Waals surface area contributed by atoms with E-state index in [9.17, 15) is 4.79 Å². The maximum absolute atomic E-state index is 12.6. The minimum Gasteiger partial charge on any atom is -0.351 e. The van der Waals surface area contributed by atoms with E-state index >= 15 is 0 Å². The Morgan fingerprint density at radius 2 is 2.15 bits per heavy atom. The molecule has 0 bridgehead atoms. The highest BCUT2D eigenvalue weighted by molar-refractivity contribution is 7.22. The van der Waals surface area contributed by atoms with Gasteiger partial charge in [-0.3, -0.25) is 4.79 Å². The van der Waals surface area contributed by atoms with Gasteiger partial charge < -0.3 is 9.84 Å². The van der Waals surface area contributed by atoms with E-state index in [-0.39, 0.29) is 11.7 Å². The van der Waals surface area contributed by atoms with Crippen LogP contribution in [0.5, 0.6) is 0 Å². The van der Waals surface area contributed by atoms with Crippen molar-refractivity contribution in [2.24, 2.45) is 5.92 Å². The molecule has 1 aliphatic rings. The normalized spacial score (nSPS) is 16.4. The number of carbonyl (C=O) groups excluding carboxylic acids is 1. The van der Waals surface area contributed by atoms with Gasteiger partial charge in [0.15, 0.2) is 0 Å². The Morgan fingerprint density at radius 3 is 2.96 bits per heavy atom. The highest BCUT2D eigenvalue weighted by Gasteiger charge is 2.27. The summed E-state index contributed by atoms with van der Waals surface area (Å²) in [5.41, 5.74) is 3.41. The van der Waals surface area contributed by atoms with E-state index in [0.29, 0.717) is 5.92 Å². The van der Waals surface area contributed by atoms with E-state index in [2.05, 4.69) is 23.5 Å². The van der Waals surface area contributed by atoms with Crippen molar-refractivity contribution in [1.82, 2.24) is 10.1 Å². The molecule has 1 aromatic carbocycles. The number of aromatic nitrogens is 2. The van der Waals surface area contributed by atoms with Gasteiger partial charge in [0, 0.05) is 16.5 Å². The molecule has 5 rings (SSSR count). The van der Waals surface area contributed by atoms with Crippen LogP contribution in [-0.4, -0.2) is 16.0 Å². The minimum absolute atomic E-state index is 0.213. The topological polar surface area (TPSA) is 68.0 Å². The molecule has 0 aliphatic heterocycles. The molecule has 3 aromatic heterocycles. The third kappa shape index (κ3) is 2.96. The van der Waals surface area contributed by atoms with Crippen LogP contribution in [0.25, 0.3) is 20.8 Å². The largest absolute Gasteiger partial charge is 0.351 e. The van der Waals surface area contributed by atoms with Gasteiger partial charge in [0.1, 0.15) is 10.0 Å². The van der Waals surface area contributed by atoms with Gasteiger partial charge in [-0.1, -0.05) is 24.2 Å². The predicted octanol–water partition coefficient (Wildman–Crippen LogP) is 5.39. The monoisotopic (exact) mass is 395 g/mol. The molecule has 1 atom stereocenters. The fraction of sp³-hybridized carbons (Fsp3) is 0.250. The molecule has 4 aromatic rings. The molecule has 0 spiro atoms. The van der Waals surface area contributed by atoms with Crippen molar-refractivity contribution in [3.05, 3.63) is 52.7 Å². The zero-order valence-electron chi connectivity index (χ0n) is 14.7. The highest BCUT2D eigenvalue weighted by atomic mass is 32.1. The van der Waals surface area contributed by atoms with Crippen LogP contribution in [-0.2, 0) is 12.8 Å². The lowest BCUT2D eigenvalue weighted by molar-refractivity contribution is 0.0988. The molecule has 1 unspecified atom stereocenters. The SMILES string of the molecule is CC1CCc2c(sc(NC(=O)c3ccno3)c2-c2nc3ccccc3s2)C1. The van der Waals surface area contributed by atoms with Crippen molar-refractivity contribution < 1.29 is 9.32 Å². The first kappa shape index (κ1) is 16.6. The fourth-order valence-corrected chi connectivity index (χ4v) is 6.06. The molecule has 1 N–H and O–H groups in total. The molecule has 0 fully saturated rings. The van der Waals surface area contributed by atoms with Gasteiger partial charge in [-0.15, -0.1) is 22.7 Å². The Hall–Kier alpha value is -2.51. The summed E-state index contributed by atoms with van der Waals surface area (Å²) in [5.74, 6) is 0.601. The number of thiazole rings is 1. The molecular weight excluding hydrogens is 378 g/mol. The average Bonchev–Trinajstić information content (AvgIpc) is 3.38. The zero-order chi connectivity index (χ0) is 18.4. The molecule has 0 radical (unpaired) electrons. The number of nitrogens with one attached hydrogen (secondary N) is 1. The van der Waals surface area contributed by atoms with Crippen LogP contribution in [0.4, 0.5) is 5.00 Å². The first-order chi connectivity index (χ1) is 13.2. The van der Waals surface area contributed by atoms with E-state index < -0.39 is 0 Å². The van der Waals surface area contributed by atoms with Gasteiger partial charge in [0.05, 0.1) is 16.4 Å². The summed E-state index contributed by atoms with van der Waals surface area (Å²) in [5, 5.41) is 8.49. The second kappa shape index (κ2) is 6.58. The van der Waals surface area contributed by atoms with Crippen LogP contribution in [0.2, 0.25) is 0 Å². The summed E-state index contributed by atoms with van der Waals surface area (Å²) in [6.45, 7) is 2.28. The number of hydrogen-bond donors (Lipinski definition) is 1. The summed E-state index contributed by atoms with van der Waals surface area (Å²) in [6, 6.07) is 9.72. The van der Waals surface area contributed by atoms with Crippen molar-refractivity contribution >= 4 is 43.8 Å². The number of nitrogens with zero attached hydrogens (tertiary/aromatic N) is 2. The average molecular weight is 396 g/mol. The number of hydrogen-bond acceptors (Lipinski definition) is 6. The number of para-hydroxylation sites is 1. The molecule has 0 saturated carbocycles. The maximum atomic E-state index is 12.6. The second-order valence-corrected chi connectivity index (χ2v) is 9.01. The number of benzene rings is 1. The van der Waals surface area contributed by atoms with E-state index in [0.717, 1.165) is 45.1 Å². The first-order valence-corrected chi connectivity index (χ1v) is 10.5. The Balaban J connectivity index is 1.62. The van der Waals surface area contributed by atoms with Crippen molar-refractivity contribution in [2.45, 2.75) is 26.2 Å². The lowest BCUT2D eigenvalue weighted by atomic mass is 9.88. The minimum atomic E-state index is -0.276. The number of rotatable bonds is 3. The molecular formula is C20H17N3O2S2. The summed E-state index contributed by atoms with van der Waals surface area (Å²) in [7, 11) is 0. The van der Waals surface area contributed by atoms with Gasteiger partial charge in [0.25, 0.3) is 5.91 Å². The lowest BCUT2D eigenvalue weighted by Gasteiger charge is -2.18. The van der Waals surface area contributed by atoms with Crippen molar-refractivity contribution in [3.8, 4) is 10.6 Å². The van der Waals surface area contributed by atoms with Gasteiger partial charge in [-0.2, -0.15) is 0 Å². The molecule has 7 heteroatoms. The van der Waals surface area contributed by atoms with Gasteiger partial charge >= 0.3 is 0 Å².